The van der Waals surface area contributed by atoms with Crippen LogP contribution < -0.4 is 19.2 Å². The molecule has 3 aromatic rings. The van der Waals surface area contributed by atoms with Crippen LogP contribution in [0.4, 0.5) is 5.69 Å². The van der Waals surface area contributed by atoms with Crippen LogP contribution in [0.15, 0.2) is 82.8 Å². The van der Waals surface area contributed by atoms with Gasteiger partial charge in [-0.3, -0.25) is 9.10 Å². The standard InChI is InChI=1S/C28H33N3O5S/c1-5-35-27-9-7-6-8-26(27)31(37(33,34)25-16-10-22(4)11-17-25)19-28(32)30-29-18-23-12-14-24(15-13-23)36-20-21(2)3/h6-18,21H,5,19-20H2,1-4H3,(H,30,32)/b29-18-. The van der Waals surface area contributed by atoms with E-state index < -0.39 is 22.5 Å². The number of para-hydroxylation sites is 2. The van der Waals surface area contributed by atoms with Crippen LogP contribution in [0, 0.1) is 12.8 Å². The van der Waals surface area contributed by atoms with Crippen LogP contribution in [0.1, 0.15) is 31.9 Å². The number of ether oxygens (including phenoxy) is 2. The third-order valence-corrected chi connectivity index (χ3v) is 6.97. The summed E-state index contributed by atoms with van der Waals surface area (Å²) < 4.78 is 39.6. The second-order valence-corrected chi connectivity index (χ2v) is 10.7. The molecule has 0 saturated heterocycles. The minimum atomic E-state index is -4.07. The Kier molecular flexibility index (Phi) is 9.68. The zero-order chi connectivity index (χ0) is 26.8. The Morgan fingerprint density at radius 2 is 1.68 bits per heavy atom. The summed E-state index contributed by atoms with van der Waals surface area (Å²) >= 11 is 0. The molecule has 3 aromatic carbocycles. The van der Waals surface area contributed by atoms with Crippen LogP contribution in [0.25, 0.3) is 0 Å². The summed E-state index contributed by atoms with van der Waals surface area (Å²) in [5.74, 6) is 0.929. The van der Waals surface area contributed by atoms with Gasteiger partial charge in [-0.25, -0.2) is 13.8 Å². The lowest BCUT2D eigenvalue weighted by Gasteiger charge is -2.25. The van der Waals surface area contributed by atoms with E-state index in [0.717, 1.165) is 21.2 Å². The van der Waals surface area contributed by atoms with E-state index in [1.54, 1.807) is 43.3 Å². The molecular formula is C28H33N3O5S. The molecule has 0 saturated carbocycles. The average Bonchev–Trinajstić information content (AvgIpc) is 2.87. The Balaban J connectivity index is 1.78. The molecule has 3 rings (SSSR count). The number of hydrazone groups is 1. The van der Waals surface area contributed by atoms with E-state index in [4.69, 9.17) is 9.47 Å². The molecule has 0 aromatic heterocycles. The van der Waals surface area contributed by atoms with Crippen molar-refractivity contribution in [1.82, 2.24) is 5.43 Å². The van der Waals surface area contributed by atoms with E-state index in [2.05, 4.69) is 24.4 Å². The van der Waals surface area contributed by atoms with Crippen LogP contribution in [-0.4, -0.2) is 40.3 Å². The van der Waals surface area contributed by atoms with E-state index >= 15 is 0 Å². The van der Waals surface area contributed by atoms with Gasteiger partial charge in [0.2, 0.25) is 0 Å². The fourth-order valence-corrected chi connectivity index (χ4v) is 4.77. The van der Waals surface area contributed by atoms with Gasteiger partial charge in [0.25, 0.3) is 15.9 Å². The number of aryl methyl sites for hydroxylation is 1. The Bertz CT molecular complexity index is 1300. The molecule has 0 aliphatic rings. The van der Waals surface area contributed by atoms with E-state index in [-0.39, 0.29) is 10.6 Å². The predicted molar refractivity (Wildman–Crippen MR) is 146 cm³/mol. The van der Waals surface area contributed by atoms with Crippen molar-refractivity contribution in [2.24, 2.45) is 11.0 Å². The Hall–Kier alpha value is -3.85. The van der Waals surface area contributed by atoms with Crippen LogP contribution >= 0.6 is 0 Å². The second kappa shape index (κ2) is 12.9. The first-order valence-electron chi connectivity index (χ1n) is 12.1. The Morgan fingerprint density at radius 3 is 2.32 bits per heavy atom. The van der Waals surface area contributed by atoms with Crippen molar-refractivity contribution in [2.75, 3.05) is 24.1 Å². The van der Waals surface area contributed by atoms with Crippen molar-refractivity contribution >= 4 is 27.8 Å². The fourth-order valence-electron chi connectivity index (χ4n) is 3.34. The third-order valence-electron chi connectivity index (χ3n) is 5.20. The Morgan fingerprint density at radius 1 is 1.00 bits per heavy atom. The highest BCUT2D eigenvalue weighted by Gasteiger charge is 2.29. The number of hydrogen-bond donors (Lipinski definition) is 1. The number of nitrogens with zero attached hydrogens (tertiary/aromatic N) is 2. The molecule has 0 atom stereocenters. The van der Waals surface area contributed by atoms with Gasteiger partial charge in [-0.05, 0) is 73.9 Å². The predicted octanol–water partition coefficient (Wildman–Crippen LogP) is 4.77. The summed E-state index contributed by atoms with van der Waals surface area (Å²) in [5.41, 5.74) is 4.36. The van der Waals surface area contributed by atoms with Gasteiger partial charge in [0.05, 0.1) is 30.0 Å². The molecule has 8 nitrogen and oxygen atoms in total. The maximum absolute atomic E-state index is 13.6. The number of amides is 1. The molecule has 0 heterocycles. The van der Waals surface area contributed by atoms with Gasteiger partial charge in [-0.2, -0.15) is 5.10 Å². The lowest BCUT2D eigenvalue weighted by Crippen LogP contribution is -2.39. The quantitative estimate of drug-likeness (QED) is 0.272. The fraction of sp³-hybridized carbons (Fsp3) is 0.286. The summed E-state index contributed by atoms with van der Waals surface area (Å²) in [6, 6.07) is 20.5. The van der Waals surface area contributed by atoms with Gasteiger partial charge in [-0.15, -0.1) is 0 Å². The molecule has 0 aliphatic carbocycles. The molecule has 0 fully saturated rings. The first-order chi connectivity index (χ1) is 17.7. The van der Waals surface area contributed by atoms with Crippen LogP contribution in [0.3, 0.4) is 0 Å². The topological polar surface area (TPSA) is 97.3 Å². The van der Waals surface area contributed by atoms with Crippen LogP contribution in [-0.2, 0) is 14.8 Å². The zero-order valence-electron chi connectivity index (χ0n) is 21.5. The number of carbonyl (C=O) groups is 1. The zero-order valence-corrected chi connectivity index (χ0v) is 22.4. The smallest absolute Gasteiger partial charge is 0.264 e. The first kappa shape index (κ1) is 27.7. The van der Waals surface area contributed by atoms with Gasteiger partial charge in [0.15, 0.2) is 0 Å². The van der Waals surface area contributed by atoms with E-state index in [0.29, 0.717) is 24.9 Å². The highest BCUT2D eigenvalue weighted by atomic mass is 32.2. The Labute approximate surface area is 219 Å². The average molecular weight is 524 g/mol. The number of rotatable bonds is 12. The monoisotopic (exact) mass is 523 g/mol. The number of benzene rings is 3. The molecule has 37 heavy (non-hydrogen) atoms. The molecule has 0 spiro atoms. The molecule has 1 N–H and O–H groups in total. The maximum Gasteiger partial charge on any atom is 0.264 e. The van der Waals surface area contributed by atoms with Gasteiger partial charge in [-0.1, -0.05) is 43.7 Å². The summed E-state index contributed by atoms with van der Waals surface area (Å²) in [5, 5.41) is 4.00. The van der Waals surface area contributed by atoms with Crippen molar-refractivity contribution in [3.8, 4) is 11.5 Å². The van der Waals surface area contributed by atoms with Crippen molar-refractivity contribution in [3.63, 3.8) is 0 Å². The lowest BCUT2D eigenvalue weighted by molar-refractivity contribution is -0.119. The molecule has 0 aliphatic heterocycles. The maximum atomic E-state index is 13.6. The highest BCUT2D eigenvalue weighted by Crippen LogP contribution is 2.32. The summed E-state index contributed by atoms with van der Waals surface area (Å²) in [7, 11) is -4.07. The summed E-state index contributed by atoms with van der Waals surface area (Å²) in [6.07, 6.45) is 1.48. The van der Waals surface area contributed by atoms with Crippen molar-refractivity contribution in [1.29, 1.82) is 0 Å². The minimum absolute atomic E-state index is 0.0699. The number of anilines is 1. The van der Waals surface area contributed by atoms with Gasteiger partial charge < -0.3 is 9.47 Å². The van der Waals surface area contributed by atoms with Crippen LogP contribution in [0.2, 0.25) is 0 Å². The number of hydrogen-bond acceptors (Lipinski definition) is 6. The largest absolute Gasteiger partial charge is 0.493 e. The van der Waals surface area contributed by atoms with Crippen LogP contribution in [0.5, 0.6) is 11.5 Å². The van der Waals surface area contributed by atoms with Crippen molar-refractivity contribution < 1.29 is 22.7 Å². The van der Waals surface area contributed by atoms with Gasteiger partial charge in [0.1, 0.15) is 18.0 Å². The first-order valence-corrected chi connectivity index (χ1v) is 13.5. The molecule has 0 bridgehead atoms. The summed E-state index contributed by atoms with van der Waals surface area (Å²) in [6.45, 7) is 8.31. The molecule has 0 radical (unpaired) electrons. The van der Waals surface area contributed by atoms with Crippen molar-refractivity contribution in [2.45, 2.75) is 32.6 Å². The molecular weight excluding hydrogens is 490 g/mol. The number of carbonyl (C=O) groups excluding carboxylic acids is 1. The SMILES string of the molecule is CCOc1ccccc1N(CC(=O)N/N=C\c1ccc(OCC(C)C)cc1)S(=O)(=O)c1ccc(C)cc1. The van der Waals surface area contributed by atoms with E-state index in [1.165, 1.54) is 18.3 Å². The van der Waals surface area contributed by atoms with E-state index in [9.17, 15) is 13.2 Å². The number of nitrogens with one attached hydrogen (secondary N) is 1. The lowest BCUT2D eigenvalue weighted by atomic mass is 10.2. The summed E-state index contributed by atoms with van der Waals surface area (Å²) in [4.78, 5) is 12.9. The molecule has 0 unspecified atom stereocenters. The second-order valence-electron chi connectivity index (χ2n) is 8.79. The normalized spacial score (nSPS) is 11.5. The van der Waals surface area contributed by atoms with Crippen molar-refractivity contribution in [3.05, 3.63) is 83.9 Å². The highest BCUT2D eigenvalue weighted by molar-refractivity contribution is 7.92. The van der Waals surface area contributed by atoms with Gasteiger partial charge >= 0.3 is 0 Å². The third kappa shape index (κ3) is 7.82. The van der Waals surface area contributed by atoms with Gasteiger partial charge in [0, 0.05) is 0 Å². The number of sulfonamides is 1. The molecule has 1 amide bonds. The molecule has 196 valence electrons. The van der Waals surface area contributed by atoms with E-state index in [1.807, 2.05) is 31.2 Å². The molecule has 9 heteroatoms. The minimum Gasteiger partial charge on any atom is -0.493 e.